The maximum atomic E-state index is 3.74. The summed E-state index contributed by atoms with van der Waals surface area (Å²) in [6.07, 6.45) is 6.33. The SMILES string of the molecule is C1=C/C=N\C=C=NC=1. The van der Waals surface area contributed by atoms with Gasteiger partial charge in [0.05, 0.1) is 12.4 Å². The molecule has 1 aliphatic heterocycles. The summed E-state index contributed by atoms with van der Waals surface area (Å²) in [7, 11) is 0. The molecule has 0 aliphatic carbocycles. The molecule has 0 bridgehead atoms. The summed E-state index contributed by atoms with van der Waals surface area (Å²) in [4.78, 5) is 7.38. The summed E-state index contributed by atoms with van der Waals surface area (Å²) in [6.45, 7) is 0. The first-order valence-corrected chi connectivity index (χ1v) is 2.20. The largest absolute Gasteiger partial charge is 0.254 e. The van der Waals surface area contributed by atoms with E-state index >= 15 is 0 Å². The van der Waals surface area contributed by atoms with Crippen LogP contribution in [0.5, 0.6) is 0 Å². The van der Waals surface area contributed by atoms with Crippen molar-refractivity contribution in [3.8, 4) is 0 Å². The minimum absolute atomic E-state index is 1.49. The van der Waals surface area contributed by atoms with E-state index in [1.807, 2.05) is 0 Å². The third-order valence-electron chi connectivity index (χ3n) is 0.603. The second kappa shape index (κ2) is 2.75. The van der Waals surface area contributed by atoms with Gasteiger partial charge in [0.25, 0.3) is 0 Å². The zero-order valence-electron chi connectivity index (χ0n) is 4.20. The van der Waals surface area contributed by atoms with Crippen molar-refractivity contribution in [1.82, 2.24) is 0 Å². The van der Waals surface area contributed by atoms with Crippen molar-refractivity contribution in [2.24, 2.45) is 9.98 Å². The quantitative estimate of drug-likeness (QED) is 0.408. The molecule has 0 aromatic rings. The first kappa shape index (κ1) is 4.79. The molecule has 0 radical (unpaired) electrons. The van der Waals surface area contributed by atoms with Gasteiger partial charge in [0.1, 0.15) is 0 Å². The minimum atomic E-state index is 1.49. The first-order valence-electron chi connectivity index (χ1n) is 2.20. The van der Waals surface area contributed by atoms with Crippen LogP contribution in [-0.2, 0) is 0 Å². The van der Waals surface area contributed by atoms with Crippen LogP contribution < -0.4 is 0 Å². The van der Waals surface area contributed by atoms with Crippen molar-refractivity contribution in [3.05, 3.63) is 24.2 Å². The standard InChI is InChI=1S/C6H4N2/c1-2-4-8-6-5-7-3-1/h1,3-5H/b7-3-. The Labute approximate surface area is 47.3 Å². The van der Waals surface area contributed by atoms with Crippen molar-refractivity contribution in [2.45, 2.75) is 0 Å². The van der Waals surface area contributed by atoms with E-state index in [0.29, 0.717) is 0 Å². The third-order valence-corrected chi connectivity index (χ3v) is 0.603. The van der Waals surface area contributed by atoms with Crippen molar-refractivity contribution < 1.29 is 0 Å². The van der Waals surface area contributed by atoms with E-state index in [0.717, 1.165) is 0 Å². The van der Waals surface area contributed by atoms with E-state index in [1.54, 1.807) is 12.3 Å². The third kappa shape index (κ3) is 1.39. The van der Waals surface area contributed by atoms with Crippen LogP contribution >= 0.6 is 0 Å². The fourth-order valence-electron chi connectivity index (χ4n) is 0.313. The lowest BCUT2D eigenvalue weighted by Gasteiger charge is -1.69. The molecule has 2 heteroatoms. The molecule has 0 fully saturated rings. The highest BCUT2D eigenvalue weighted by atomic mass is 14.7. The topological polar surface area (TPSA) is 24.7 Å². The van der Waals surface area contributed by atoms with E-state index in [4.69, 9.17) is 0 Å². The fourth-order valence-corrected chi connectivity index (χ4v) is 0.313. The zero-order chi connectivity index (χ0) is 5.66. The van der Waals surface area contributed by atoms with Crippen molar-refractivity contribution in [2.75, 3.05) is 0 Å². The summed E-state index contributed by atoms with van der Waals surface area (Å²) in [5.74, 6) is 2.55. The maximum absolute atomic E-state index is 3.74. The van der Waals surface area contributed by atoms with Gasteiger partial charge in [-0.15, -0.1) is 0 Å². The van der Waals surface area contributed by atoms with Gasteiger partial charge in [-0.2, -0.15) is 0 Å². The van der Waals surface area contributed by atoms with Gasteiger partial charge in [-0.1, -0.05) is 5.73 Å². The summed E-state index contributed by atoms with van der Waals surface area (Å²) < 4.78 is 0. The molecular formula is C6H4N2. The van der Waals surface area contributed by atoms with Crippen LogP contribution in [0.15, 0.2) is 34.2 Å². The Balaban J connectivity index is 2.98. The van der Waals surface area contributed by atoms with Gasteiger partial charge in [0.15, 0.2) is 0 Å². The summed E-state index contributed by atoms with van der Waals surface area (Å²) >= 11 is 0. The number of hydrogen-bond acceptors (Lipinski definition) is 2. The van der Waals surface area contributed by atoms with Gasteiger partial charge in [-0.3, -0.25) is 4.99 Å². The van der Waals surface area contributed by atoms with Crippen LogP contribution in [0.2, 0.25) is 0 Å². The Hall–Kier alpha value is -1.36. The molecule has 0 unspecified atom stereocenters. The Bertz CT molecular complexity index is 187. The second-order valence-electron chi connectivity index (χ2n) is 1.15. The molecule has 0 atom stereocenters. The lowest BCUT2D eigenvalue weighted by Crippen LogP contribution is -1.61. The molecule has 1 heterocycles. The average molecular weight is 104 g/mol. The average Bonchev–Trinajstić information content (AvgIpc) is 1.62. The van der Waals surface area contributed by atoms with Gasteiger partial charge in [-0.05, 0) is 0 Å². The fraction of sp³-hybridized carbons (Fsp3) is 0. The number of allylic oxidation sites excluding steroid dienone is 1. The Kier molecular flexibility index (Phi) is 1.65. The van der Waals surface area contributed by atoms with Gasteiger partial charge in [0, 0.05) is 18.2 Å². The minimum Gasteiger partial charge on any atom is -0.254 e. The van der Waals surface area contributed by atoms with Crippen LogP contribution in [0.4, 0.5) is 0 Å². The predicted molar refractivity (Wildman–Crippen MR) is 33.1 cm³/mol. The van der Waals surface area contributed by atoms with Crippen LogP contribution in [0.25, 0.3) is 0 Å². The van der Waals surface area contributed by atoms with Crippen LogP contribution in [0, 0.1) is 0 Å². The number of hydrogen-bond donors (Lipinski definition) is 0. The highest BCUT2D eigenvalue weighted by molar-refractivity contribution is 5.73. The molecule has 0 amide bonds. The first-order chi connectivity index (χ1) is 4.00. The van der Waals surface area contributed by atoms with Gasteiger partial charge >= 0.3 is 0 Å². The lowest BCUT2D eigenvalue weighted by atomic mass is 10.6. The maximum Gasteiger partial charge on any atom is 0.0882 e. The highest BCUT2D eigenvalue weighted by Crippen LogP contribution is 1.72. The molecule has 0 N–H and O–H groups in total. The summed E-state index contributed by atoms with van der Waals surface area (Å²) in [5, 5.41) is 0. The van der Waals surface area contributed by atoms with E-state index in [2.05, 4.69) is 21.6 Å². The van der Waals surface area contributed by atoms with Gasteiger partial charge < -0.3 is 0 Å². The highest BCUT2D eigenvalue weighted by Gasteiger charge is 1.61. The van der Waals surface area contributed by atoms with Crippen LogP contribution in [-0.4, -0.2) is 12.1 Å². The molecule has 2 nitrogen and oxygen atoms in total. The van der Waals surface area contributed by atoms with E-state index in [-0.39, 0.29) is 0 Å². The molecular weight excluding hydrogens is 100 g/mol. The molecule has 38 valence electrons. The molecule has 1 aliphatic rings. The van der Waals surface area contributed by atoms with Crippen molar-refractivity contribution in [1.29, 1.82) is 0 Å². The molecule has 0 aromatic heterocycles. The Morgan fingerprint density at radius 1 is 1.25 bits per heavy atom. The number of aliphatic imine (C=N–C) groups is 2. The van der Waals surface area contributed by atoms with Gasteiger partial charge in [0.2, 0.25) is 0 Å². The smallest absolute Gasteiger partial charge is 0.0882 e. The molecule has 0 saturated carbocycles. The van der Waals surface area contributed by atoms with Crippen LogP contribution in [0.3, 0.4) is 0 Å². The van der Waals surface area contributed by atoms with Gasteiger partial charge in [-0.25, -0.2) is 4.99 Å². The zero-order valence-corrected chi connectivity index (χ0v) is 4.20. The summed E-state index contributed by atoms with van der Waals surface area (Å²) in [6, 6.07) is 0. The van der Waals surface area contributed by atoms with E-state index in [1.165, 1.54) is 12.4 Å². The van der Waals surface area contributed by atoms with E-state index in [9.17, 15) is 0 Å². The normalized spacial score (nSPS) is 18.0. The Morgan fingerprint density at radius 3 is 3.25 bits per heavy atom. The lowest BCUT2D eigenvalue weighted by molar-refractivity contribution is 1.57. The predicted octanol–water partition coefficient (Wildman–Crippen LogP) is 0.923. The molecule has 0 saturated heterocycles. The monoisotopic (exact) mass is 104 g/mol. The van der Waals surface area contributed by atoms with E-state index < -0.39 is 0 Å². The van der Waals surface area contributed by atoms with Crippen molar-refractivity contribution in [3.63, 3.8) is 0 Å². The number of nitrogens with zero attached hydrogens (tertiary/aromatic N) is 2. The number of rotatable bonds is 0. The van der Waals surface area contributed by atoms with Crippen molar-refractivity contribution >= 4 is 12.1 Å². The Morgan fingerprint density at radius 2 is 2.25 bits per heavy atom. The molecule has 0 spiro atoms. The summed E-state index contributed by atoms with van der Waals surface area (Å²) in [5.41, 5.74) is 2.74. The molecule has 1 rings (SSSR count). The van der Waals surface area contributed by atoms with Crippen LogP contribution in [0.1, 0.15) is 0 Å². The molecule has 8 heavy (non-hydrogen) atoms. The second-order valence-corrected chi connectivity index (χ2v) is 1.15. The molecule has 0 aromatic carbocycles.